The summed E-state index contributed by atoms with van der Waals surface area (Å²) in [7, 11) is 1.35. The molecule has 0 aliphatic rings. The Morgan fingerprint density at radius 1 is 1.53 bits per heavy atom. The first-order chi connectivity index (χ1) is 7.95. The summed E-state index contributed by atoms with van der Waals surface area (Å²) in [5.74, 6) is -0.500. The summed E-state index contributed by atoms with van der Waals surface area (Å²) in [4.78, 5) is 11.1. The topological polar surface area (TPSA) is 64.3 Å². The van der Waals surface area contributed by atoms with Crippen molar-refractivity contribution in [1.82, 2.24) is 9.78 Å². The van der Waals surface area contributed by atoms with E-state index in [1.165, 1.54) is 7.11 Å². The van der Waals surface area contributed by atoms with E-state index in [0.717, 1.165) is 5.56 Å². The highest BCUT2D eigenvalue weighted by Gasteiger charge is 2.21. The maximum atomic E-state index is 11.1. The van der Waals surface area contributed by atoms with E-state index < -0.39 is 6.10 Å². The number of esters is 1. The van der Waals surface area contributed by atoms with Gasteiger partial charge in [0, 0.05) is 17.8 Å². The number of hydrogen-bond acceptors (Lipinski definition) is 4. The van der Waals surface area contributed by atoms with Gasteiger partial charge in [0.05, 0.1) is 25.8 Å². The number of ether oxygens (including phenoxy) is 1. The van der Waals surface area contributed by atoms with Gasteiger partial charge in [-0.1, -0.05) is 6.92 Å². The first-order valence-corrected chi connectivity index (χ1v) is 5.74. The fraction of sp³-hybridized carbons (Fsp3) is 0.667. The van der Waals surface area contributed by atoms with Crippen LogP contribution in [0.1, 0.15) is 44.9 Å². The zero-order chi connectivity index (χ0) is 13.0. The van der Waals surface area contributed by atoms with Crippen LogP contribution in [0.3, 0.4) is 0 Å². The van der Waals surface area contributed by atoms with Crippen molar-refractivity contribution in [3.05, 3.63) is 18.0 Å². The molecule has 2 atom stereocenters. The molecule has 1 heterocycles. The monoisotopic (exact) mass is 240 g/mol. The van der Waals surface area contributed by atoms with Gasteiger partial charge in [-0.05, 0) is 19.8 Å². The molecule has 5 nitrogen and oxygen atoms in total. The van der Waals surface area contributed by atoms with Crippen molar-refractivity contribution < 1.29 is 14.6 Å². The molecule has 1 rings (SSSR count). The third-order valence-corrected chi connectivity index (χ3v) is 2.75. The van der Waals surface area contributed by atoms with Crippen LogP contribution < -0.4 is 0 Å². The zero-order valence-electron chi connectivity index (χ0n) is 10.8. The lowest BCUT2D eigenvalue weighted by Gasteiger charge is -2.16. The molecule has 96 valence electrons. The highest BCUT2D eigenvalue weighted by molar-refractivity contribution is 5.69. The lowest BCUT2D eigenvalue weighted by molar-refractivity contribution is -0.142. The lowest BCUT2D eigenvalue weighted by atomic mass is 9.97. The first-order valence-electron chi connectivity index (χ1n) is 5.74. The van der Waals surface area contributed by atoms with Gasteiger partial charge in [-0.25, -0.2) is 0 Å². The fourth-order valence-electron chi connectivity index (χ4n) is 1.57. The molecule has 1 aromatic rings. The molecule has 0 aliphatic carbocycles. The second-order valence-electron chi connectivity index (χ2n) is 4.55. The summed E-state index contributed by atoms with van der Waals surface area (Å²) in [6.45, 7) is 5.84. The standard InChI is InChI=1S/C12H20N2O3/c1-8(2)14-7-10(6-13-14)12(16)9(3)5-11(15)17-4/h6-9,12,16H,5H2,1-4H3. The molecule has 0 aliphatic heterocycles. The van der Waals surface area contributed by atoms with Gasteiger partial charge in [-0.3, -0.25) is 9.48 Å². The first kappa shape index (κ1) is 13.7. The summed E-state index contributed by atoms with van der Waals surface area (Å²) in [5.41, 5.74) is 0.732. The molecule has 1 N–H and O–H groups in total. The van der Waals surface area contributed by atoms with Gasteiger partial charge in [-0.2, -0.15) is 5.10 Å². The van der Waals surface area contributed by atoms with E-state index in [1.54, 1.807) is 10.9 Å². The Bertz CT molecular complexity index is 374. The molecule has 0 aromatic carbocycles. The van der Waals surface area contributed by atoms with Crippen LogP contribution in [0.5, 0.6) is 0 Å². The minimum absolute atomic E-state index is 0.188. The minimum Gasteiger partial charge on any atom is -0.469 e. The quantitative estimate of drug-likeness (QED) is 0.795. The summed E-state index contributed by atoms with van der Waals surface area (Å²) < 4.78 is 6.36. The predicted octanol–water partition coefficient (Wildman–Crippen LogP) is 1.70. The van der Waals surface area contributed by atoms with Gasteiger partial charge in [-0.15, -0.1) is 0 Å². The van der Waals surface area contributed by atoms with Crippen LogP contribution >= 0.6 is 0 Å². The molecule has 0 bridgehead atoms. The third kappa shape index (κ3) is 3.56. The van der Waals surface area contributed by atoms with Gasteiger partial charge in [0.1, 0.15) is 0 Å². The molecule has 17 heavy (non-hydrogen) atoms. The van der Waals surface area contributed by atoms with Crippen molar-refractivity contribution >= 4 is 5.97 Å². The second kappa shape index (κ2) is 5.82. The number of rotatable bonds is 5. The van der Waals surface area contributed by atoms with Crippen molar-refractivity contribution in [3.63, 3.8) is 0 Å². The average molecular weight is 240 g/mol. The van der Waals surface area contributed by atoms with E-state index >= 15 is 0 Å². The number of aliphatic hydroxyl groups is 1. The number of aromatic nitrogens is 2. The van der Waals surface area contributed by atoms with Gasteiger partial charge < -0.3 is 9.84 Å². The van der Waals surface area contributed by atoms with Crippen molar-refractivity contribution in [2.45, 2.75) is 39.3 Å². The molecule has 0 radical (unpaired) electrons. The van der Waals surface area contributed by atoms with Crippen LogP contribution in [0.25, 0.3) is 0 Å². The van der Waals surface area contributed by atoms with Crippen molar-refractivity contribution in [2.75, 3.05) is 7.11 Å². The fourth-order valence-corrected chi connectivity index (χ4v) is 1.57. The lowest BCUT2D eigenvalue weighted by Crippen LogP contribution is -2.14. The van der Waals surface area contributed by atoms with E-state index in [1.807, 2.05) is 27.0 Å². The number of aliphatic hydroxyl groups excluding tert-OH is 1. The molecule has 0 amide bonds. The molecule has 2 unspecified atom stereocenters. The van der Waals surface area contributed by atoms with Gasteiger partial charge in [0.15, 0.2) is 0 Å². The number of methoxy groups -OCH3 is 1. The Morgan fingerprint density at radius 3 is 2.65 bits per heavy atom. The highest BCUT2D eigenvalue weighted by atomic mass is 16.5. The van der Waals surface area contributed by atoms with Crippen LogP contribution in [0.4, 0.5) is 0 Å². The zero-order valence-corrected chi connectivity index (χ0v) is 10.8. The molecular formula is C12H20N2O3. The molecule has 0 fully saturated rings. The van der Waals surface area contributed by atoms with Gasteiger partial charge in [0.2, 0.25) is 0 Å². The van der Waals surface area contributed by atoms with E-state index in [4.69, 9.17) is 0 Å². The maximum Gasteiger partial charge on any atom is 0.305 e. The van der Waals surface area contributed by atoms with E-state index in [0.29, 0.717) is 0 Å². The second-order valence-corrected chi connectivity index (χ2v) is 4.55. The highest BCUT2D eigenvalue weighted by Crippen LogP contribution is 2.24. The van der Waals surface area contributed by atoms with Gasteiger partial charge >= 0.3 is 5.97 Å². The smallest absolute Gasteiger partial charge is 0.305 e. The van der Waals surface area contributed by atoms with Crippen LogP contribution in [0.2, 0.25) is 0 Å². The summed E-state index contributed by atoms with van der Waals surface area (Å²) in [6.07, 6.45) is 2.95. The Kier molecular flexibility index (Phi) is 4.69. The largest absolute Gasteiger partial charge is 0.469 e. The van der Waals surface area contributed by atoms with Crippen molar-refractivity contribution in [1.29, 1.82) is 0 Å². The Morgan fingerprint density at radius 2 is 2.18 bits per heavy atom. The Balaban J connectivity index is 2.67. The van der Waals surface area contributed by atoms with Crippen LogP contribution in [-0.4, -0.2) is 28.0 Å². The van der Waals surface area contributed by atoms with Crippen LogP contribution in [0, 0.1) is 5.92 Å². The number of hydrogen-bond donors (Lipinski definition) is 1. The van der Waals surface area contributed by atoms with Gasteiger partial charge in [0.25, 0.3) is 0 Å². The van der Waals surface area contributed by atoms with E-state index in [2.05, 4.69) is 9.84 Å². The molecule has 0 spiro atoms. The molecule has 5 heteroatoms. The molecular weight excluding hydrogens is 220 g/mol. The normalized spacial score (nSPS) is 14.7. The average Bonchev–Trinajstić information content (AvgIpc) is 2.77. The number of nitrogens with zero attached hydrogens (tertiary/aromatic N) is 2. The van der Waals surface area contributed by atoms with Crippen molar-refractivity contribution in [2.24, 2.45) is 5.92 Å². The summed E-state index contributed by atoms with van der Waals surface area (Å²) >= 11 is 0. The van der Waals surface area contributed by atoms with Crippen LogP contribution in [-0.2, 0) is 9.53 Å². The Hall–Kier alpha value is -1.36. The number of carbonyl (C=O) groups is 1. The maximum absolute atomic E-state index is 11.1. The van der Waals surface area contributed by atoms with Crippen LogP contribution in [0.15, 0.2) is 12.4 Å². The Labute approximate surface area is 101 Å². The SMILES string of the molecule is COC(=O)CC(C)C(O)c1cnn(C(C)C)c1. The molecule has 0 saturated carbocycles. The molecule has 1 aromatic heterocycles. The van der Waals surface area contributed by atoms with E-state index in [9.17, 15) is 9.90 Å². The minimum atomic E-state index is -0.693. The summed E-state index contributed by atoms with van der Waals surface area (Å²) in [6, 6.07) is 0.256. The summed E-state index contributed by atoms with van der Waals surface area (Å²) in [5, 5.41) is 14.2. The number of carbonyl (C=O) groups excluding carboxylic acids is 1. The molecule has 0 saturated heterocycles. The third-order valence-electron chi connectivity index (χ3n) is 2.75. The van der Waals surface area contributed by atoms with Crippen molar-refractivity contribution in [3.8, 4) is 0 Å². The van der Waals surface area contributed by atoms with E-state index in [-0.39, 0.29) is 24.3 Å². The predicted molar refractivity (Wildman–Crippen MR) is 63.4 cm³/mol.